The van der Waals surface area contributed by atoms with Gasteiger partial charge in [0.2, 0.25) is 0 Å². The highest BCUT2D eigenvalue weighted by molar-refractivity contribution is 5.36. The first-order chi connectivity index (χ1) is 10.1. The van der Waals surface area contributed by atoms with Crippen molar-refractivity contribution in [2.45, 2.75) is 44.1 Å². The van der Waals surface area contributed by atoms with E-state index in [0.29, 0.717) is 5.92 Å². The van der Waals surface area contributed by atoms with Gasteiger partial charge in [-0.2, -0.15) is 0 Å². The maximum Gasteiger partial charge on any atom is 0.126 e. The molecular formula is C17H27N3O. The van der Waals surface area contributed by atoms with Crippen molar-refractivity contribution in [2.24, 2.45) is 0 Å². The van der Waals surface area contributed by atoms with Crippen LogP contribution in [0, 0.1) is 0 Å². The van der Waals surface area contributed by atoms with Crippen molar-refractivity contribution < 1.29 is 4.74 Å². The van der Waals surface area contributed by atoms with Crippen molar-refractivity contribution in [3.63, 3.8) is 0 Å². The summed E-state index contributed by atoms with van der Waals surface area (Å²) < 4.78 is 5.82. The number of hydrogen-bond acceptors (Lipinski definition) is 4. The number of nitrogens with zero attached hydrogens (tertiary/aromatic N) is 2. The third kappa shape index (κ3) is 3.74. The molecule has 4 nitrogen and oxygen atoms in total. The molecular weight excluding hydrogens is 262 g/mol. The molecule has 0 spiro atoms. The maximum atomic E-state index is 5.82. The Balaban J connectivity index is 1.60. The van der Waals surface area contributed by atoms with Crippen LogP contribution in [0.1, 0.15) is 44.2 Å². The Kier molecular flexibility index (Phi) is 4.45. The van der Waals surface area contributed by atoms with E-state index in [1.54, 1.807) is 0 Å². The lowest BCUT2D eigenvalue weighted by Gasteiger charge is -2.29. The van der Waals surface area contributed by atoms with Crippen LogP contribution in [0.2, 0.25) is 0 Å². The topological polar surface area (TPSA) is 37.4 Å². The summed E-state index contributed by atoms with van der Waals surface area (Å²) in [6.07, 6.45) is 4.73. The SMILES string of the molecule is CN1CCC(c2cccc(NC[C@]3(C)CCCO3)n2)CC1. The first-order valence-electron chi connectivity index (χ1n) is 8.18. The molecule has 21 heavy (non-hydrogen) atoms. The molecule has 1 N–H and O–H groups in total. The van der Waals surface area contributed by atoms with Gasteiger partial charge in [-0.05, 0) is 64.9 Å². The molecule has 116 valence electrons. The van der Waals surface area contributed by atoms with Gasteiger partial charge in [0.05, 0.1) is 5.60 Å². The number of ether oxygens (including phenoxy) is 1. The van der Waals surface area contributed by atoms with Gasteiger partial charge in [-0.15, -0.1) is 0 Å². The molecule has 0 bridgehead atoms. The Bertz CT molecular complexity index is 463. The molecule has 0 unspecified atom stereocenters. The minimum Gasteiger partial charge on any atom is -0.373 e. The molecule has 0 radical (unpaired) electrons. The molecule has 1 aromatic heterocycles. The number of nitrogens with one attached hydrogen (secondary N) is 1. The Morgan fingerprint density at radius 2 is 2.19 bits per heavy atom. The molecule has 2 saturated heterocycles. The van der Waals surface area contributed by atoms with Crippen LogP contribution in [0.4, 0.5) is 5.82 Å². The summed E-state index contributed by atoms with van der Waals surface area (Å²) in [4.78, 5) is 7.23. The van der Waals surface area contributed by atoms with Gasteiger partial charge in [-0.1, -0.05) is 6.07 Å². The van der Waals surface area contributed by atoms with Crippen molar-refractivity contribution in [1.29, 1.82) is 0 Å². The number of rotatable bonds is 4. The molecule has 1 atom stereocenters. The lowest BCUT2D eigenvalue weighted by molar-refractivity contribution is 0.0314. The number of likely N-dealkylation sites (tertiary alicyclic amines) is 1. The molecule has 2 fully saturated rings. The van der Waals surface area contributed by atoms with E-state index < -0.39 is 0 Å². The Hall–Kier alpha value is -1.13. The van der Waals surface area contributed by atoms with Gasteiger partial charge < -0.3 is 15.0 Å². The molecule has 1 aromatic rings. The molecule has 3 heterocycles. The van der Waals surface area contributed by atoms with E-state index in [2.05, 4.69) is 42.4 Å². The van der Waals surface area contributed by atoms with Crippen LogP contribution < -0.4 is 5.32 Å². The average molecular weight is 289 g/mol. The minimum absolute atomic E-state index is 0.0226. The zero-order chi connectivity index (χ0) is 14.7. The van der Waals surface area contributed by atoms with E-state index in [1.165, 1.54) is 38.0 Å². The van der Waals surface area contributed by atoms with Crippen LogP contribution in [-0.2, 0) is 4.74 Å². The second-order valence-electron chi connectivity index (χ2n) is 6.78. The van der Waals surface area contributed by atoms with Crippen molar-refractivity contribution in [2.75, 3.05) is 38.6 Å². The highest BCUT2D eigenvalue weighted by Crippen LogP contribution is 2.28. The maximum absolute atomic E-state index is 5.82. The second-order valence-corrected chi connectivity index (χ2v) is 6.78. The first kappa shape index (κ1) is 14.8. The summed E-state index contributed by atoms with van der Waals surface area (Å²) in [5, 5.41) is 3.47. The standard InChI is InChI=1S/C17H27N3O/c1-17(9-4-12-21-17)13-18-16-6-3-5-15(19-16)14-7-10-20(2)11-8-14/h3,5-6,14H,4,7-13H2,1-2H3,(H,18,19)/t17-/m0/s1. The quantitative estimate of drug-likeness (QED) is 0.925. The van der Waals surface area contributed by atoms with Gasteiger partial charge in [0.1, 0.15) is 5.82 Å². The minimum atomic E-state index is -0.0226. The van der Waals surface area contributed by atoms with Gasteiger partial charge in [0.15, 0.2) is 0 Å². The Labute approximate surface area is 127 Å². The molecule has 0 aliphatic carbocycles. The molecule has 2 aliphatic heterocycles. The number of piperidine rings is 1. The second kappa shape index (κ2) is 6.32. The van der Waals surface area contributed by atoms with Crippen LogP contribution in [0.15, 0.2) is 18.2 Å². The van der Waals surface area contributed by atoms with Gasteiger partial charge in [0, 0.05) is 24.8 Å². The monoisotopic (exact) mass is 289 g/mol. The molecule has 0 saturated carbocycles. The summed E-state index contributed by atoms with van der Waals surface area (Å²) in [6, 6.07) is 6.37. The fraction of sp³-hybridized carbons (Fsp3) is 0.706. The number of pyridine rings is 1. The summed E-state index contributed by atoms with van der Waals surface area (Å²) >= 11 is 0. The average Bonchev–Trinajstić information content (AvgIpc) is 2.94. The zero-order valence-corrected chi connectivity index (χ0v) is 13.3. The van der Waals surface area contributed by atoms with Crippen molar-refractivity contribution >= 4 is 5.82 Å². The summed E-state index contributed by atoms with van der Waals surface area (Å²) in [5.74, 6) is 1.60. The first-order valence-corrected chi connectivity index (χ1v) is 8.18. The largest absolute Gasteiger partial charge is 0.373 e. The van der Waals surface area contributed by atoms with Crippen LogP contribution in [-0.4, -0.2) is 48.8 Å². The highest BCUT2D eigenvalue weighted by atomic mass is 16.5. The van der Waals surface area contributed by atoms with E-state index in [-0.39, 0.29) is 5.60 Å². The fourth-order valence-corrected chi connectivity index (χ4v) is 3.34. The smallest absolute Gasteiger partial charge is 0.126 e. The predicted octanol–water partition coefficient (Wildman–Crippen LogP) is 2.87. The number of aromatic nitrogens is 1. The van der Waals surface area contributed by atoms with Crippen molar-refractivity contribution in [3.05, 3.63) is 23.9 Å². The van der Waals surface area contributed by atoms with Crippen LogP contribution in [0.3, 0.4) is 0 Å². The van der Waals surface area contributed by atoms with E-state index in [1.807, 2.05) is 0 Å². The van der Waals surface area contributed by atoms with Gasteiger partial charge in [0.25, 0.3) is 0 Å². The van der Waals surface area contributed by atoms with E-state index in [4.69, 9.17) is 9.72 Å². The summed E-state index contributed by atoms with van der Waals surface area (Å²) in [6.45, 7) is 6.28. The Morgan fingerprint density at radius 1 is 1.38 bits per heavy atom. The molecule has 3 rings (SSSR count). The van der Waals surface area contributed by atoms with Crippen LogP contribution in [0.25, 0.3) is 0 Å². The summed E-state index contributed by atoms with van der Waals surface area (Å²) in [7, 11) is 2.20. The normalized spacial score (nSPS) is 27.9. The van der Waals surface area contributed by atoms with E-state index >= 15 is 0 Å². The lowest BCUT2D eigenvalue weighted by atomic mass is 9.93. The zero-order valence-electron chi connectivity index (χ0n) is 13.3. The molecule has 4 heteroatoms. The van der Waals surface area contributed by atoms with Crippen molar-refractivity contribution in [1.82, 2.24) is 9.88 Å². The fourth-order valence-electron chi connectivity index (χ4n) is 3.34. The summed E-state index contributed by atoms with van der Waals surface area (Å²) in [5.41, 5.74) is 1.22. The van der Waals surface area contributed by atoms with E-state index in [9.17, 15) is 0 Å². The molecule has 0 aromatic carbocycles. The van der Waals surface area contributed by atoms with Crippen molar-refractivity contribution in [3.8, 4) is 0 Å². The Morgan fingerprint density at radius 3 is 2.90 bits per heavy atom. The lowest BCUT2D eigenvalue weighted by Crippen LogP contribution is -2.33. The van der Waals surface area contributed by atoms with Gasteiger partial charge in [-0.25, -0.2) is 4.98 Å². The highest BCUT2D eigenvalue weighted by Gasteiger charge is 2.29. The predicted molar refractivity (Wildman–Crippen MR) is 85.8 cm³/mol. The third-order valence-corrected chi connectivity index (χ3v) is 4.85. The van der Waals surface area contributed by atoms with E-state index in [0.717, 1.165) is 25.4 Å². The number of anilines is 1. The van der Waals surface area contributed by atoms with Crippen LogP contribution in [0.5, 0.6) is 0 Å². The van der Waals surface area contributed by atoms with Gasteiger partial charge in [-0.3, -0.25) is 0 Å². The number of hydrogen-bond donors (Lipinski definition) is 1. The molecule has 0 amide bonds. The van der Waals surface area contributed by atoms with Gasteiger partial charge >= 0.3 is 0 Å². The third-order valence-electron chi connectivity index (χ3n) is 4.85. The van der Waals surface area contributed by atoms with Crippen LogP contribution >= 0.6 is 0 Å². The molecule has 2 aliphatic rings.